The molecule has 4 heterocycles. The van der Waals surface area contributed by atoms with Gasteiger partial charge in [-0.2, -0.15) is 0 Å². The molecule has 6 unspecified atom stereocenters. The number of aryl methyl sites for hydroxylation is 3. The average molecular weight is 772 g/mol. The van der Waals surface area contributed by atoms with Crippen LogP contribution in [0.5, 0.6) is 0 Å². The number of nitrogens with zero attached hydrogens (tertiary/aromatic N) is 3. The molecule has 0 N–H and O–H groups in total. The second-order valence-electron chi connectivity index (χ2n) is 14.4. The van der Waals surface area contributed by atoms with E-state index in [4.69, 9.17) is 0 Å². The van der Waals surface area contributed by atoms with Crippen molar-refractivity contribution >= 4 is 34.0 Å². The number of aromatic nitrogens is 3. The molecule has 4 aromatic heterocycles. The summed E-state index contributed by atoms with van der Waals surface area (Å²) < 4.78 is 4.08. The predicted molar refractivity (Wildman–Crippen MR) is 225 cm³/mol. The van der Waals surface area contributed by atoms with Crippen LogP contribution < -0.4 is 17.1 Å². The first-order valence-corrected chi connectivity index (χ1v) is 21.0. The molecule has 6 atom stereocenters. The maximum absolute atomic E-state index is 15.2. The molecule has 7 rings (SSSR count). The number of thiophene rings is 3. The molecular formula is C45H45N3O3S3. The third-order valence-corrected chi connectivity index (χ3v) is 13.6. The van der Waals surface area contributed by atoms with Crippen LogP contribution in [0.25, 0.3) is 0 Å². The first kappa shape index (κ1) is 37.5. The van der Waals surface area contributed by atoms with Crippen LogP contribution in [0.2, 0.25) is 0 Å². The largest absolute Gasteiger partial charge is 0.336 e. The highest BCUT2D eigenvalue weighted by Crippen LogP contribution is 2.40. The Kier molecular flexibility index (Phi) is 11.0. The summed E-state index contributed by atoms with van der Waals surface area (Å²) in [5.41, 5.74) is 4.57. The van der Waals surface area contributed by atoms with E-state index in [-0.39, 0.29) is 17.8 Å². The van der Waals surface area contributed by atoms with E-state index < -0.39 is 35.2 Å². The molecular weight excluding hydrogens is 727 g/mol. The second kappa shape index (κ2) is 15.9. The van der Waals surface area contributed by atoms with Crippen LogP contribution in [0.3, 0.4) is 0 Å². The molecule has 6 nitrogen and oxygen atoms in total. The van der Waals surface area contributed by atoms with Gasteiger partial charge in [-0.15, -0.1) is 34.0 Å². The molecule has 0 aliphatic carbocycles. The fourth-order valence-electron chi connectivity index (χ4n) is 7.85. The highest BCUT2D eigenvalue weighted by atomic mass is 32.1. The smallest absolute Gasteiger partial charge is 0.247 e. The first-order valence-electron chi connectivity index (χ1n) is 18.3. The molecule has 0 spiro atoms. The molecule has 0 aliphatic heterocycles. The molecule has 3 aromatic carbocycles. The minimum absolute atomic E-state index is 0.309. The van der Waals surface area contributed by atoms with Crippen molar-refractivity contribution in [3.8, 4) is 0 Å². The summed E-state index contributed by atoms with van der Waals surface area (Å²) in [6.45, 7) is 12.0. The van der Waals surface area contributed by atoms with Gasteiger partial charge in [0.15, 0.2) is 0 Å². The van der Waals surface area contributed by atoms with Gasteiger partial charge < -0.3 is 0 Å². The highest BCUT2D eigenvalue weighted by molar-refractivity contribution is 7.10. The zero-order valence-corrected chi connectivity index (χ0v) is 33.8. The molecule has 0 bridgehead atoms. The van der Waals surface area contributed by atoms with Crippen molar-refractivity contribution in [2.45, 2.75) is 77.4 Å². The molecule has 0 saturated carbocycles. The Morgan fingerprint density at radius 2 is 0.630 bits per heavy atom. The van der Waals surface area contributed by atoms with E-state index in [2.05, 4.69) is 91.0 Å². The fourth-order valence-corrected chi connectivity index (χ4v) is 10.7. The van der Waals surface area contributed by atoms with Crippen LogP contribution in [-0.4, -0.2) is 13.7 Å². The first-order chi connectivity index (χ1) is 26.0. The average Bonchev–Trinajstić information content (AvgIpc) is 3.97. The number of hydrogen-bond donors (Lipinski definition) is 0. The Balaban J connectivity index is 1.50. The van der Waals surface area contributed by atoms with E-state index in [1.807, 2.05) is 75.9 Å². The third kappa shape index (κ3) is 7.20. The van der Waals surface area contributed by atoms with E-state index in [9.17, 15) is 0 Å². The summed E-state index contributed by atoms with van der Waals surface area (Å²) in [6.07, 6.45) is 0. The van der Waals surface area contributed by atoms with E-state index in [1.165, 1.54) is 13.7 Å². The zero-order chi connectivity index (χ0) is 38.1. The lowest BCUT2D eigenvalue weighted by Gasteiger charge is -2.32. The zero-order valence-electron chi connectivity index (χ0n) is 31.4. The Morgan fingerprint density at radius 3 is 0.833 bits per heavy atom. The van der Waals surface area contributed by atoms with E-state index in [0.717, 1.165) is 48.0 Å². The van der Waals surface area contributed by atoms with E-state index in [1.54, 1.807) is 34.0 Å². The number of hydrogen-bond acceptors (Lipinski definition) is 6. The van der Waals surface area contributed by atoms with E-state index >= 15 is 14.4 Å². The number of rotatable bonds is 12. The minimum atomic E-state index is -0.622. The van der Waals surface area contributed by atoms with Crippen molar-refractivity contribution in [1.82, 2.24) is 13.7 Å². The molecule has 9 heteroatoms. The molecule has 54 heavy (non-hydrogen) atoms. The number of benzene rings is 3. The van der Waals surface area contributed by atoms with Gasteiger partial charge in [-0.05, 0) is 92.6 Å². The van der Waals surface area contributed by atoms with E-state index in [0.29, 0.717) is 0 Å². The summed E-state index contributed by atoms with van der Waals surface area (Å²) in [5, 5.41) is 6.07. The summed E-state index contributed by atoms with van der Waals surface area (Å²) >= 11 is 4.81. The van der Waals surface area contributed by atoms with Crippen LogP contribution in [0.4, 0.5) is 0 Å². The Bertz CT molecular complexity index is 2170. The second-order valence-corrected chi connectivity index (χ2v) is 17.3. The topological polar surface area (TPSA) is 66.0 Å². The predicted octanol–water partition coefficient (Wildman–Crippen LogP) is 10.5. The lowest BCUT2D eigenvalue weighted by Crippen LogP contribution is -2.58. The van der Waals surface area contributed by atoms with Crippen molar-refractivity contribution in [2.24, 2.45) is 0 Å². The van der Waals surface area contributed by atoms with Gasteiger partial charge in [0.25, 0.3) is 0 Å². The third-order valence-electron chi connectivity index (χ3n) is 10.8. The van der Waals surface area contributed by atoms with Crippen molar-refractivity contribution in [3.63, 3.8) is 0 Å². The summed E-state index contributed by atoms with van der Waals surface area (Å²) in [6, 6.07) is 35.2. The van der Waals surface area contributed by atoms with Gasteiger partial charge >= 0.3 is 17.1 Å². The monoisotopic (exact) mass is 771 g/mol. The maximum Gasteiger partial charge on any atom is 0.336 e. The molecule has 7 aromatic rings. The summed E-state index contributed by atoms with van der Waals surface area (Å²) in [4.78, 5) is 48.8. The van der Waals surface area contributed by atoms with Gasteiger partial charge in [0, 0.05) is 32.4 Å². The Labute approximate surface area is 328 Å². The lowest BCUT2D eigenvalue weighted by molar-refractivity contribution is 0.323. The van der Waals surface area contributed by atoms with Crippen molar-refractivity contribution in [2.75, 3.05) is 0 Å². The van der Waals surface area contributed by atoms with Gasteiger partial charge in [0.2, 0.25) is 0 Å². The lowest BCUT2D eigenvalue weighted by atomic mass is 9.89. The van der Waals surface area contributed by atoms with Crippen molar-refractivity contribution < 1.29 is 0 Å². The van der Waals surface area contributed by atoms with Gasteiger partial charge in [-0.3, -0.25) is 0 Å². The Morgan fingerprint density at radius 1 is 0.389 bits per heavy atom. The molecule has 0 saturated heterocycles. The van der Waals surface area contributed by atoms with Crippen LogP contribution in [0.15, 0.2) is 140 Å². The standard InChI is InChI=1S/C45H45N3O3S3/c1-28-13-19-34(20-14-28)40(37-10-7-25-52-37)31(4)46-43(49)47(32(5)41(38-11-8-26-53-38)35-21-15-29(2)16-22-35)45(51)48(44(46)50)33(6)42(39-12-9-27-54-39)36-23-17-30(3)18-24-36/h7-27,31-33,40-42H,1-6H3. The fraction of sp³-hybridized carbons (Fsp3) is 0.267. The SMILES string of the molecule is Cc1ccc(C(c2cccs2)C(C)n2c(=O)n(C(C)C(c3ccc(C)cc3)c3cccs3)c(=O)n(C(C)C(c3ccc(C)cc3)c3cccs3)c2=O)cc1. The minimum Gasteiger partial charge on any atom is -0.247 e. The normalized spacial score (nSPS) is 15.0. The molecule has 0 fully saturated rings. The summed E-state index contributed by atoms with van der Waals surface area (Å²) in [5.74, 6) is -0.927. The van der Waals surface area contributed by atoms with Crippen LogP contribution >= 0.6 is 34.0 Å². The van der Waals surface area contributed by atoms with Gasteiger partial charge in [-0.1, -0.05) is 108 Å². The van der Waals surface area contributed by atoms with Crippen LogP contribution in [0.1, 0.15) is 105 Å². The van der Waals surface area contributed by atoms with Crippen LogP contribution in [-0.2, 0) is 0 Å². The van der Waals surface area contributed by atoms with Gasteiger partial charge in [0.1, 0.15) is 0 Å². The highest BCUT2D eigenvalue weighted by Gasteiger charge is 2.35. The van der Waals surface area contributed by atoms with Gasteiger partial charge in [-0.25, -0.2) is 28.1 Å². The van der Waals surface area contributed by atoms with Crippen molar-refractivity contribution in [1.29, 1.82) is 0 Å². The molecule has 0 amide bonds. The summed E-state index contributed by atoms with van der Waals surface area (Å²) in [7, 11) is 0. The van der Waals surface area contributed by atoms with Crippen molar-refractivity contribution in [3.05, 3.63) is 205 Å². The molecule has 0 radical (unpaired) electrons. The molecule has 0 aliphatic rings. The Hall–Kier alpha value is -4.83. The maximum atomic E-state index is 15.2. The van der Waals surface area contributed by atoms with Crippen LogP contribution in [0, 0.1) is 20.8 Å². The quantitative estimate of drug-likeness (QED) is 0.124. The van der Waals surface area contributed by atoms with Gasteiger partial charge in [0.05, 0.1) is 18.1 Å². The molecule has 276 valence electrons.